The first-order chi connectivity index (χ1) is 12.9. The summed E-state index contributed by atoms with van der Waals surface area (Å²) in [4.78, 5) is 11.5. The molecule has 1 atom stereocenters. The Morgan fingerprint density at radius 1 is 0.964 bits per heavy atom. The third kappa shape index (κ3) is 3.37. The van der Waals surface area contributed by atoms with Crippen molar-refractivity contribution in [3.63, 3.8) is 0 Å². The summed E-state index contributed by atoms with van der Waals surface area (Å²) in [6.45, 7) is 0. The van der Waals surface area contributed by atoms with Crippen molar-refractivity contribution in [2.24, 2.45) is 0 Å². The van der Waals surface area contributed by atoms with Gasteiger partial charge in [0.05, 0.1) is 5.56 Å². The van der Waals surface area contributed by atoms with Gasteiger partial charge in [-0.25, -0.2) is 4.79 Å². The summed E-state index contributed by atoms with van der Waals surface area (Å²) in [6.07, 6.45) is -9.32. The molecule has 0 radical (unpaired) electrons. The van der Waals surface area contributed by atoms with E-state index in [9.17, 15) is 36.2 Å². The van der Waals surface area contributed by atoms with Crippen LogP contribution in [-0.4, -0.2) is 23.0 Å². The summed E-state index contributed by atoms with van der Waals surface area (Å²) < 4.78 is 89.5. The topological polar surface area (TPSA) is 55.8 Å². The molecule has 4 nitrogen and oxygen atoms in total. The number of benzene rings is 2. The molecule has 0 spiro atoms. The van der Waals surface area contributed by atoms with Gasteiger partial charge in [-0.05, 0) is 36.4 Å². The quantitative estimate of drug-likeness (QED) is 0.740. The van der Waals surface area contributed by atoms with E-state index in [2.05, 4.69) is 0 Å². The Kier molecular flexibility index (Phi) is 4.52. The average Bonchev–Trinajstić information content (AvgIpc) is 2.59. The van der Waals surface area contributed by atoms with Gasteiger partial charge in [-0.3, -0.25) is 0 Å². The van der Waals surface area contributed by atoms with Crippen LogP contribution in [0.4, 0.5) is 26.3 Å². The zero-order valence-corrected chi connectivity index (χ0v) is 13.6. The van der Waals surface area contributed by atoms with E-state index in [-0.39, 0.29) is 11.3 Å². The SMILES string of the molecule is O=C(O)C1=Cc2ccccc2OC1(Oc1ccc(C(F)(F)F)cc1)C(F)(F)F. The average molecular weight is 404 g/mol. The first kappa shape index (κ1) is 19.6. The monoisotopic (exact) mass is 404 g/mol. The second-order valence-electron chi connectivity index (χ2n) is 5.74. The lowest BCUT2D eigenvalue weighted by atomic mass is 9.97. The summed E-state index contributed by atoms with van der Waals surface area (Å²) in [5.41, 5.74) is -2.29. The highest BCUT2D eigenvalue weighted by Crippen LogP contribution is 2.46. The van der Waals surface area contributed by atoms with Crippen LogP contribution in [0.1, 0.15) is 11.1 Å². The minimum absolute atomic E-state index is 0.0794. The van der Waals surface area contributed by atoms with Crippen LogP contribution in [0, 0.1) is 0 Å². The third-order valence-electron chi connectivity index (χ3n) is 3.87. The Morgan fingerprint density at radius 2 is 1.57 bits per heavy atom. The zero-order chi connectivity index (χ0) is 20.7. The molecule has 0 bridgehead atoms. The van der Waals surface area contributed by atoms with Crippen molar-refractivity contribution in [2.45, 2.75) is 18.1 Å². The van der Waals surface area contributed by atoms with Crippen molar-refractivity contribution in [2.75, 3.05) is 0 Å². The summed E-state index contributed by atoms with van der Waals surface area (Å²) >= 11 is 0. The Morgan fingerprint density at radius 3 is 2.11 bits per heavy atom. The van der Waals surface area contributed by atoms with Gasteiger partial charge in [0.15, 0.2) is 0 Å². The van der Waals surface area contributed by atoms with Crippen molar-refractivity contribution in [3.05, 3.63) is 65.2 Å². The Hall–Kier alpha value is -3.17. The first-order valence-corrected chi connectivity index (χ1v) is 7.60. The number of para-hydroxylation sites is 1. The van der Waals surface area contributed by atoms with Gasteiger partial charge in [0, 0.05) is 5.56 Å². The van der Waals surface area contributed by atoms with Crippen molar-refractivity contribution in [3.8, 4) is 11.5 Å². The lowest BCUT2D eigenvalue weighted by Crippen LogP contribution is -2.59. The number of carbonyl (C=O) groups is 1. The van der Waals surface area contributed by atoms with Crippen LogP contribution < -0.4 is 9.47 Å². The predicted molar refractivity (Wildman–Crippen MR) is 83.5 cm³/mol. The molecule has 1 aliphatic heterocycles. The summed E-state index contributed by atoms with van der Waals surface area (Å²) in [5, 5.41) is 9.31. The molecule has 1 N–H and O–H groups in total. The zero-order valence-electron chi connectivity index (χ0n) is 13.6. The Bertz CT molecular complexity index is 930. The summed E-state index contributed by atoms with van der Waals surface area (Å²) in [7, 11) is 0. The molecule has 0 fully saturated rings. The van der Waals surface area contributed by atoms with Gasteiger partial charge < -0.3 is 14.6 Å². The number of ether oxygens (including phenoxy) is 2. The number of hydrogen-bond donors (Lipinski definition) is 1. The van der Waals surface area contributed by atoms with E-state index in [0.717, 1.165) is 6.08 Å². The molecule has 0 aromatic heterocycles. The van der Waals surface area contributed by atoms with Crippen LogP contribution in [0.3, 0.4) is 0 Å². The number of alkyl halides is 6. The lowest BCUT2D eigenvalue weighted by molar-refractivity contribution is -0.304. The molecule has 2 aromatic carbocycles. The van der Waals surface area contributed by atoms with Crippen LogP contribution >= 0.6 is 0 Å². The highest BCUT2D eigenvalue weighted by molar-refractivity contribution is 5.96. The van der Waals surface area contributed by atoms with Crippen LogP contribution in [0.25, 0.3) is 6.08 Å². The van der Waals surface area contributed by atoms with Gasteiger partial charge >= 0.3 is 24.1 Å². The van der Waals surface area contributed by atoms with E-state index < -0.39 is 41.0 Å². The van der Waals surface area contributed by atoms with E-state index >= 15 is 0 Å². The van der Waals surface area contributed by atoms with Crippen molar-refractivity contribution in [1.29, 1.82) is 0 Å². The molecule has 0 saturated carbocycles. The van der Waals surface area contributed by atoms with Gasteiger partial charge in [-0.2, -0.15) is 26.3 Å². The molecule has 148 valence electrons. The van der Waals surface area contributed by atoms with E-state index in [1.807, 2.05) is 0 Å². The predicted octanol–water partition coefficient (Wildman–Crippen LogP) is 4.90. The standard InChI is InChI=1S/C18H10F6O4/c19-17(20,21)11-5-7-12(8-6-11)27-16(18(22,23)24)13(15(25)26)9-10-3-1-2-4-14(10)28-16/h1-9H,(H,25,26). The van der Waals surface area contributed by atoms with E-state index in [4.69, 9.17) is 9.47 Å². The molecule has 1 heterocycles. The number of rotatable bonds is 3. The highest BCUT2D eigenvalue weighted by Gasteiger charge is 2.66. The van der Waals surface area contributed by atoms with Gasteiger partial charge in [0.25, 0.3) is 0 Å². The minimum atomic E-state index is -5.37. The molecule has 2 aromatic rings. The van der Waals surface area contributed by atoms with Crippen LogP contribution in [-0.2, 0) is 11.0 Å². The molecular formula is C18H10F6O4. The highest BCUT2D eigenvalue weighted by atomic mass is 19.4. The van der Waals surface area contributed by atoms with Crippen LogP contribution in [0.15, 0.2) is 54.1 Å². The second-order valence-corrected chi connectivity index (χ2v) is 5.74. The maximum absolute atomic E-state index is 13.9. The normalized spacial score (nSPS) is 19.3. The van der Waals surface area contributed by atoms with E-state index in [0.29, 0.717) is 24.3 Å². The molecule has 28 heavy (non-hydrogen) atoms. The Balaban J connectivity index is 2.10. The maximum atomic E-state index is 13.9. The largest absolute Gasteiger partial charge is 0.478 e. The van der Waals surface area contributed by atoms with Crippen molar-refractivity contribution < 1.29 is 45.7 Å². The van der Waals surface area contributed by atoms with Crippen LogP contribution in [0.2, 0.25) is 0 Å². The fourth-order valence-electron chi connectivity index (χ4n) is 2.58. The van der Waals surface area contributed by atoms with Gasteiger partial charge in [-0.1, -0.05) is 18.2 Å². The number of halogens is 6. The minimum Gasteiger partial charge on any atom is -0.478 e. The van der Waals surface area contributed by atoms with Crippen LogP contribution in [0.5, 0.6) is 11.5 Å². The van der Waals surface area contributed by atoms with E-state index in [1.165, 1.54) is 24.3 Å². The number of aliphatic carboxylic acids is 1. The molecule has 10 heteroatoms. The Labute approximate surface area is 153 Å². The molecular weight excluding hydrogens is 394 g/mol. The lowest BCUT2D eigenvalue weighted by Gasteiger charge is -2.38. The number of hydrogen-bond acceptors (Lipinski definition) is 3. The van der Waals surface area contributed by atoms with E-state index in [1.54, 1.807) is 0 Å². The van der Waals surface area contributed by atoms with Gasteiger partial charge in [0.2, 0.25) is 0 Å². The summed E-state index contributed by atoms with van der Waals surface area (Å²) in [6, 6.07) is 7.70. The number of carboxylic acids is 1. The molecule has 0 amide bonds. The van der Waals surface area contributed by atoms with Gasteiger partial charge in [-0.15, -0.1) is 0 Å². The number of carboxylic acid groups (broad SMARTS) is 1. The number of fused-ring (bicyclic) bond motifs is 1. The maximum Gasteiger partial charge on any atom is 0.473 e. The molecule has 3 rings (SSSR count). The smallest absolute Gasteiger partial charge is 0.473 e. The van der Waals surface area contributed by atoms with Gasteiger partial charge in [0.1, 0.15) is 17.1 Å². The molecule has 0 aliphatic carbocycles. The second kappa shape index (κ2) is 6.47. The third-order valence-corrected chi connectivity index (χ3v) is 3.87. The molecule has 1 unspecified atom stereocenters. The summed E-state index contributed by atoms with van der Waals surface area (Å²) in [5.74, 6) is -6.65. The molecule has 0 saturated heterocycles. The fourth-order valence-corrected chi connectivity index (χ4v) is 2.58. The first-order valence-electron chi connectivity index (χ1n) is 7.60. The fraction of sp³-hybridized carbons (Fsp3) is 0.167. The molecule has 1 aliphatic rings. The van der Waals surface area contributed by atoms with Crippen molar-refractivity contribution >= 4 is 12.0 Å². The van der Waals surface area contributed by atoms with Crippen molar-refractivity contribution in [1.82, 2.24) is 0 Å².